The molecule has 1 amide bonds. The first-order valence-electron chi connectivity index (χ1n) is 6.35. The van der Waals surface area contributed by atoms with E-state index in [-0.39, 0.29) is 11.4 Å². The summed E-state index contributed by atoms with van der Waals surface area (Å²) in [6.07, 6.45) is 6.16. The van der Waals surface area contributed by atoms with Gasteiger partial charge >= 0.3 is 0 Å². The summed E-state index contributed by atoms with van der Waals surface area (Å²) in [6, 6.07) is 0. The smallest absolute Gasteiger partial charge is 0.263 e. The lowest BCUT2D eigenvalue weighted by molar-refractivity contribution is 0.0878. The maximum absolute atomic E-state index is 12.2. The number of carbonyl (C=O) groups is 1. The predicted molar refractivity (Wildman–Crippen MR) is 78.5 cm³/mol. The summed E-state index contributed by atoms with van der Waals surface area (Å²) in [7, 11) is 0. The van der Waals surface area contributed by atoms with E-state index in [1.165, 1.54) is 24.2 Å². The molecule has 1 aromatic rings. The average Bonchev–Trinajstić information content (AvgIpc) is 2.79. The number of hydrogen-bond acceptors (Lipinski definition) is 3. The molecular weight excluding hydrogens is 312 g/mol. The van der Waals surface area contributed by atoms with E-state index in [0.717, 1.165) is 29.1 Å². The van der Waals surface area contributed by atoms with E-state index in [1.54, 1.807) is 6.20 Å². The molecule has 0 spiro atoms. The van der Waals surface area contributed by atoms with Gasteiger partial charge in [-0.05, 0) is 38.5 Å². The van der Waals surface area contributed by atoms with Crippen LogP contribution >= 0.6 is 27.3 Å². The normalized spacial score (nSPS) is 28.1. The Labute approximate surface area is 121 Å². The van der Waals surface area contributed by atoms with Gasteiger partial charge in [0.15, 0.2) is 0 Å². The third-order valence-corrected chi connectivity index (χ3v) is 5.70. The van der Waals surface area contributed by atoms with Gasteiger partial charge in [-0.1, -0.05) is 22.9 Å². The van der Waals surface area contributed by atoms with Crippen molar-refractivity contribution < 1.29 is 4.79 Å². The minimum Gasteiger partial charge on any atom is -0.345 e. The van der Waals surface area contributed by atoms with Crippen molar-refractivity contribution in [3.8, 4) is 0 Å². The van der Waals surface area contributed by atoms with Crippen LogP contribution in [0.25, 0.3) is 0 Å². The summed E-state index contributed by atoms with van der Waals surface area (Å²) < 4.78 is 0. The lowest BCUT2D eigenvalue weighted by Gasteiger charge is -2.38. The molecule has 2 rings (SSSR count). The molecule has 1 fully saturated rings. The number of halogens is 1. The van der Waals surface area contributed by atoms with Gasteiger partial charge in [-0.2, -0.15) is 0 Å². The third-order valence-electron chi connectivity index (χ3n) is 3.71. The van der Waals surface area contributed by atoms with Gasteiger partial charge in [0.25, 0.3) is 5.91 Å². The van der Waals surface area contributed by atoms with E-state index in [0.29, 0.717) is 4.88 Å². The third kappa shape index (κ3) is 3.12. The second-order valence-corrected chi connectivity index (χ2v) is 7.09. The molecule has 100 valence electrons. The lowest BCUT2D eigenvalue weighted by atomic mass is 9.78. The van der Waals surface area contributed by atoms with Crippen molar-refractivity contribution >= 4 is 33.2 Å². The van der Waals surface area contributed by atoms with Gasteiger partial charge in [0.2, 0.25) is 0 Å². The van der Waals surface area contributed by atoms with Crippen molar-refractivity contribution in [2.24, 2.45) is 5.92 Å². The van der Waals surface area contributed by atoms with E-state index in [1.807, 2.05) is 6.92 Å². The Hall–Kier alpha value is -0.420. The molecular formula is C13H19BrN2OS. The number of aryl methyl sites for hydroxylation is 1. The van der Waals surface area contributed by atoms with Gasteiger partial charge in [0, 0.05) is 5.33 Å². The second kappa shape index (κ2) is 5.70. The van der Waals surface area contributed by atoms with Crippen LogP contribution in [0, 0.1) is 12.8 Å². The predicted octanol–water partition coefficient (Wildman–Crippen LogP) is 3.53. The molecule has 1 aliphatic carbocycles. The molecule has 0 unspecified atom stereocenters. The van der Waals surface area contributed by atoms with Crippen LogP contribution in [0.4, 0.5) is 0 Å². The molecule has 3 nitrogen and oxygen atoms in total. The number of rotatable bonds is 3. The van der Waals surface area contributed by atoms with Gasteiger partial charge in [0.05, 0.1) is 16.7 Å². The highest BCUT2D eigenvalue weighted by atomic mass is 79.9. The van der Waals surface area contributed by atoms with Crippen LogP contribution in [0.15, 0.2) is 6.20 Å². The summed E-state index contributed by atoms with van der Waals surface area (Å²) >= 11 is 5.02. The van der Waals surface area contributed by atoms with Crippen LogP contribution in [0.3, 0.4) is 0 Å². The van der Waals surface area contributed by atoms with E-state index >= 15 is 0 Å². The number of amides is 1. The summed E-state index contributed by atoms with van der Waals surface area (Å²) in [4.78, 5) is 17.1. The summed E-state index contributed by atoms with van der Waals surface area (Å²) in [5.41, 5.74) is -0.0680. The highest BCUT2D eigenvalue weighted by Crippen LogP contribution is 2.33. The molecule has 1 aliphatic rings. The van der Waals surface area contributed by atoms with Crippen molar-refractivity contribution in [1.82, 2.24) is 10.3 Å². The fraction of sp³-hybridized carbons (Fsp3) is 0.692. The monoisotopic (exact) mass is 330 g/mol. The SMILES string of the molecule is Cc1ncc(C(=O)NC2(CBr)CCC(C)CC2)s1. The highest BCUT2D eigenvalue weighted by molar-refractivity contribution is 9.09. The van der Waals surface area contributed by atoms with Crippen LogP contribution in [0.2, 0.25) is 0 Å². The van der Waals surface area contributed by atoms with Crippen molar-refractivity contribution in [2.75, 3.05) is 5.33 Å². The maximum atomic E-state index is 12.2. The fourth-order valence-corrected chi connectivity index (χ4v) is 3.75. The molecule has 1 heterocycles. The van der Waals surface area contributed by atoms with Crippen molar-refractivity contribution in [3.63, 3.8) is 0 Å². The molecule has 0 aromatic carbocycles. The zero-order chi connectivity index (χ0) is 13.2. The maximum Gasteiger partial charge on any atom is 0.263 e. The molecule has 0 aliphatic heterocycles. The molecule has 0 bridgehead atoms. The first kappa shape index (κ1) is 14.0. The van der Waals surface area contributed by atoms with Gasteiger partial charge in [-0.25, -0.2) is 4.98 Å². The molecule has 5 heteroatoms. The largest absolute Gasteiger partial charge is 0.345 e. The number of aromatic nitrogens is 1. The molecule has 18 heavy (non-hydrogen) atoms. The number of hydrogen-bond donors (Lipinski definition) is 1. The van der Waals surface area contributed by atoms with Crippen LogP contribution in [0.1, 0.15) is 47.3 Å². The Morgan fingerprint density at radius 3 is 2.78 bits per heavy atom. The highest BCUT2D eigenvalue weighted by Gasteiger charge is 2.35. The quantitative estimate of drug-likeness (QED) is 0.861. The van der Waals surface area contributed by atoms with Crippen LogP contribution < -0.4 is 5.32 Å². The average molecular weight is 331 g/mol. The Balaban J connectivity index is 2.04. The van der Waals surface area contributed by atoms with Gasteiger partial charge < -0.3 is 5.32 Å². The lowest BCUT2D eigenvalue weighted by Crippen LogP contribution is -2.51. The van der Waals surface area contributed by atoms with Crippen LogP contribution in [0.5, 0.6) is 0 Å². The van der Waals surface area contributed by atoms with Crippen LogP contribution in [-0.4, -0.2) is 21.8 Å². The summed E-state index contributed by atoms with van der Waals surface area (Å²) in [5.74, 6) is 0.800. The Bertz CT molecular complexity index is 424. The molecule has 1 N–H and O–H groups in total. The number of alkyl halides is 1. The Morgan fingerprint density at radius 2 is 2.28 bits per heavy atom. The second-order valence-electron chi connectivity index (χ2n) is 5.29. The van der Waals surface area contributed by atoms with E-state index < -0.39 is 0 Å². The van der Waals surface area contributed by atoms with E-state index in [2.05, 4.69) is 33.2 Å². The number of thiazole rings is 1. The van der Waals surface area contributed by atoms with Gasteiger partial charge in [-0.15, -0.1) is 11.3 Å². The van der Waals surface area contributed by atoms with Crippen molar-refractivity contribution in [2.45, 2.75) is 45.1 Å². The Morgan fingerprint density at radius 1 is 1.61 bits per heavy atom. The zero-order valence-electron chi connectivity index (χ0n) is 10.8. The number of nitrogens with one attached hydrogen (secondary N) is 1. The van der Waals surface area contributed by atoms with E-state index in [9.17, 15) is 4.79 Å². The van der Waals surface area contributed by atoms with Gasteiger partial charge in [0.1, 0.15) is 4.88 Å². The van der Waals surface area contributed by atoms with Crippen molar-refractivity contribution in [3.05, 3.63) is 16.1 Å². The first-order valence-corrected chi connectivity index (χ1v) is 8.29. The standard InChI is InChI=1S/C13H19BrN2OS/c1-9-3-5-13(8-14,6-4-9)16-12(17)11-7-15-10(2)18-11/h7,9H,3-6,8H2,1-2H3,(H,16,17). The van der Waals surface area contributed by atoms with Crippen LogP contribution in [-0.2, 0) is 0 Å². The van der Waals surface area contributed by atoms with E-state index in [4.69, 9.17) is 0 Å². The summed E-state index contributed by atoms with van der Waals surface area (Å²) in [5, 5.41) is 4.98. The minimum atomic E-state index is -0.0680. The topological polar surface area (TPSA) is 42.0 Å². The van der Waals surface area contributed by atoms with Crippen molar-refractivity contribution in [1.29, 1.82) is 0 Å². The molecule has 0 radical (unpaired) electrons. The number of nitrogens with zero attached hydrogens (tertiary/aromatic N) is 1. The Kier molecular flexibility index (Phi) is 4.43. The molecule has 0 saturated heterocycles. The van der Waals surface area contributed by atoms with Gasteiger partial charge in [-0.3, -0.25) is 4.79 Å². The molecule has 1 saturated carbocycles. The minimum absolute atomic E-state index is 0.0228. The fourth-order valence-electron chi connectivity index (χ4n) is 2.38. The summed E-state index contributed by atoms with van der Waals surface area (Å²) in [6.45, 7) is 4.20. The number of carbonyl (C=O) groups excluding carboxylic acids is 1. The molecule has 1 aromatic heterocycles. The zero-order valence-corrected chi connectivity index (χ0v) is 13.2. The molecule has 0 atom stereocenters. The first-order chi connectivity index (χ1) is 8.54.